The van der Waals surface area contributed by atoms with Gasteiger partial charge in [-0.25, -0.2) is 0 Å². The molecule has 2 nitrogen and oxygen atoms in total. The first-order valence-corrected chi connectivity index (χ1v) is 10.2. The molecule has 0 amide bonds. The van der Waals surface area contributed by atoms with Crippen LogP contribution in [0.5, 0.6) is 0 Å². The van der Waals surface area contributed by atoms with Gasteiger partial charge in [-0.2, -0.15) is 0 Å². The van der Waals surface area contributed by atoms with Crippen molar-refractivity contribution in [3.05, 3.63) is 35.5 Å². The third-order valence-corrected chi connectivity index (χ3v) is 7.50. The molecule has 3 fully saturated rings. The molecule has 140 valence electrons. The molecule has 4 unspecified atom stereocenters. The van der Waals surface area contributed by atoms with Gasteiger partial charge in [0.25, 0.3) is 0 Å². The zero-order chi connectivity index (χ0) is 18.0. The molecule has 2 heteroatoms. The zero-order valence-corrected chi connectivity index (χ0v) is 16.6. The number of hydrogen-bond acceptors (Lipinski definition) is 2. The molecule has 3 aliphatic rings. The maximum absolute atomic E-state index is 5.63. The second-order valence-electron chi connectivity index (χ2n) is 8.58. The van der Waals surface area contributed by atoms with E-state index in [1.54, 1.807) is 19.8 Å². The van der Waals surface area contributed by atoms with E-state index in [1.807, 2.05) is 0 Å². The van der Waals surface area contributed by atoms with Gasteiger partial charge in [0.05, 0.1) is 12.2 Å². The number of allylic oxidation sites excluding steroid dienone is 3. The van der Waals surface area contributed by atoms with E-state index in [0.717, 1.165) is 30.3 Å². The van der Waals surface area contributed by atoms with Crippen molar-refractivity contribution in [1.82, 2.24) is 0 Å². The Hall–Kier alpha value is -0.860. The van der Waals surface area contributed by atoms with Crippen molar-refractivity contribution in [3.63, 3.8) is 0 Å². The lowest BCUT2D eigenvalue weighted by Gasteiger charge is -2.42. The van der Waals surface area contributed by atoms with E-state index in [0.29, 0.717) is 5.41 Å². The van der Waals surface area contributed by atoms with Gasteiger partial charge < -0.3 is 9.47 Å². The number of ether oxygens (including phenoxy) is 2. The van der Waals surface area contributed by atoms with Gasteiger partial charge in [0, 0.05) is 20.6 Å². The second-order valence-corrected chi connectivity index (χ2v) is 8.58. The summed E-state index contributed by atoms with van der Waals surface area (Å²) < 4.78 is 11.3. The molecule has 0 radical (unpaired) electrons. The molecule has 3 rings (SSSR count). The van der Waals surface area contributed by atoms with Crippen LogP contribution in [0.3, 0.4) is 0 Å². The molecule has 3 saturated carbocycles. The number of methoxy groups -OCH3 is 2. The lowest BCUT2D eigenvalue weighted by atomic mass is 9.63. The fourth-order valence-electron chi connectivity index (χ4n) is 5.86. The van der Waals surface area contributed by atoms with Gasteiger partial charge in [0.2, 0.25) is 0 Å². The topological polar surface area (TPSA) is 18.5 Å². The molecule has 3 aliphatic carbocycles. The molecule has 0 aliphatic heterocycles. The Morgan fingerprint density at radius 1 is 1.20 bits per heavy atom. The Bertz CT molecular complexity index is 558. The predicted molar refractivity (Wildman–Crippen MR) is 105 cm³/mol. The summed E-state index contributed by atoms with van der Waals surface area (Å²) in [6, 6.07) is 0. The summed E-state index contributed by atoms with van der Waals surface area (Å²) in [5, 5.41) is 0. The van der Waals surface area contributed by atoms with Crippen molar-refractivity contribution in [2.75, 3.05) is 14.2 Å². The Morgan fingerprint density at radius 3 is 2.68 bits per heavy atom. The molecule has 0 spiro atoms. The third-order valence-electron chi connectivity index (χ3n) is 7.50. The van der Waals surface area contributed by atoms with Crippen LogP contribution in [0.25, 0.3) is 0 Å². The Balaban J connectivity index is 1.82. The third kappa shape index (κ3) is 3.53. The first kappa shape index (κ1) is 18.9. The Morgan fingerprint density at radius 2 is 2.00 bits per heavy atom. The van der Waals surface area contributed by atoms with Gasteiger partial charge in [0.1, 0.15) is 0 Å². The highest BCUT2D eigenvalue weighted by atomic mass is 16.5. The monoisotopic (exact) mass is 344 g/mol. The van der Waals surface area contributed by atoms with Gasteiger partial charge in [-0.3, -0.25) is 0 Å². The van der Waals surface area contributed by atoms with Crippen molar-refractivity contribution in [3.8, 4) is 0 Å². The van der Waals surface area contributed by atoms with E-state index in [9.17, 15) is 0 Å². The summed E-state index contributed by atoms with van der Waals surface area (Å²) >= 11 is 0. The van der Waals surface area contributed by atoms with Crippen molar-refractivity contribution < 1.29 is 9.47 Å². The highest BCUT2D eigenvalue weighted by molar-refractivity contribution is 5.39. The minimum atomic E-state index is 0.0934. The fraction of sp³-hybridized carbons (Fsp3) is 0.739. The van der Waals surface area contributed by atoms with E-state index in [-0.39, 0.29) is 12.2 Å². The average molecular weight is 345 g/mol. The normalized spacial score (nSPS) is 42.2. The largest absolute Gasteiger partial charge is 0.381 e. The minimum absolute atomic E-state index is 0.0934. The lowest BCUT2D eigenvalue weighted by molar-refractivity contribution is 0.0277. The molecule has 5 atom stereocenters. The molecule has 0 aromatic rings. The Kier molecular flexibility index (Phi) is 5.90. The van der Waals surface area contributed by atoms with E-state index < -0.39 is 0 Å². The summed E-state index contributed by atoms with van der Waals surface area (Å²) in [5.74, 6) is 1.70. The van der Waals surface area contributed by atoms with E-state index in [1.165, 1.54) is 44.1 Å². The Labute approximate surface area is 154 Å². The number of rotatable bonds is 4. The summed E-state index contributed by atoms with van der Waals surface area (Å²) in [7, 11) is 3.58. The van der Waals surface area contributed by atoms with Crippen LogP contribution in [-0.4, -0.2) is 26.4 Å². The lowest BCUT2D eigenvalue weighted by Crippen LogP contribution is -2.33. The number of fused-ring (bicyclic) bond motifs is 1. The SMILES string of the molecule is C=C1/C(=C\C=C2/CCC[C@]3(C)C(CC)CCC23)CC(OC)CC1OC. The highest BCUT2D eigenvalue weighted by Gasteiger charge is 2.48. The highest BCUT2D eigenvalue weighted by Crippen LogP contribution is 2.58. The maximum Gasteiger partial charge on any atom is 0.0842 e. The van der Waals surface area contributed by atoms with Gasteiger partial charge in [-0.05, 0) is 66.9 Å². The summed E-state index contributed by atoms with van der Waals surface area (Å²) in [6.07, 6.45) is 15.1. The molecule has 0 bridgehead atoms. The summed E-state index contributed by atoms with van der Waals surface area (Å²) in [5.41, 5.74) is 4.67. The van der Waals surface area contributed by atoms with E-state index >= 15 is 0 Å². The van der Waals surface area contributed by atoms with Gasteiger partial charge >= 0.3 is 0 Å². The summed E-state index contributed by atoms with van der Waals surface area (Å²) in [6.45, 7) is 9.24. The first-order chi connectivity index (χ1) is 12.0. The molecular formula is C23H36O2. The van der Waals surface area contributed by atoms with Crippen molar-refractivity contribution >= 4 is 0 Å². The van der Waals surface area contributed by atoms with Crippen LogP contribution in [0.1, 0.15) is 65.2 Å². The maximum atomic E-state index is 5.63. The molecule has 25 heavy (non-hydrogen) atoms. The smallest absolute Gasteiger partial charge is 0.0842 e. The molecule has 0 heterocycles. The molecule has 0 aromatic carbocycles. The van der Waals surface area contributed by atoms with Gasteiger partial charge in [-0.15, -0.1) is 0 Å². The van der Waals surface area contributed by atoms with Crippen LogP contribution in [0.15, 0.2) is 35.5 Å². The van der Waals surface area contributed by atoms with Crippen LogP contribution in [-0.2, 0) is 9.47 Å². The molecule has 0 saturated heterocycles. The van der Waals surface area contributed by atoms with Crippen molar-refractivity contribution in [2.45, 2.75) is 77.4 Å². The second kappa shape index (κ2) is 7.80. The van der Waals surface area contributed by atoms with E-state index in [2.05, 4.69) is 32.6 Å². The van der Waals surface area contributed by atoms with Gasteiger partial charge in [0.15, 0.2) is 0 Å². The molecule has 0 N–H and O–H groups in total. The van der Waals surface area contributed by atoms with Crippen LogP contribution in [0, 0.1) is 17.3 Å². The van der Waals surface area contributed by atoms with Crippen molar-refractivity contribution in [2.24, 2.45) is 17.3 Å². The van der Waals surface area contributed by atoms with Crippen molar-refractivity contribution in [1.29, 1.82) is 0 Å². The standard InChI is InChI=1S/C23H36O2/c1-6-19-11-12-21-17(8-7-13-23(19,21)3)9-10-18-14-20(24-4)15-22(25-5)16(18)2/h9-10,19-22H,2,6-8,11-15H2,1,3-5H3/b17-9+,18-10-/t19?,20?,21?,22?,23-/m1/s1. The average Bonchev–Trinajstić information content (AvgIpc) is 2.97. The molecular weight excluding hydrogens is 308 g/mol. The molecule has 0 aromatic heterocycles. The van der Waals surface area contributed by atoms with Crippen LogP contribution >= 0.6 is 0 Å². The quantitative estimate of drug-likeness (QED) is 0.637. The van der Waals surface area contributed by atoms with E-state index in [4.69, 9.17) is 9.47 Å². The minimum Gasteiger partial charge on any atom is -0.381 e. The van der Waals surface area contributed by atoms with Gasteiger partial charge in [-0.1, -0.05) is 44.6 Å². The van der Waals surface area contributed by atoms with Crippen LogP contribution in [0.4, 0.5) is 0 Å². The fourth-order valence-corrected chi connectivity index (χ4v) is 5.86. The number of hydrogen-bond donors (Lipinski definition) is 0. The van der Waals surface area contributed by atoms with Crippen LogP contribution < -0.4 is 0 Å². The first-order valence-electron chi connectivity index (χ1n) is 10.2. The zero-order valence-electron chi connectivity index (χ0n) is 16.6. The van der Waals surface area contributed by atoms with Crippen LogP contribution in [0.2, 0.25) is 0 Å². The predicted octanol–water partition coefficient (Wildman–Crippen LogP) is 5.85. The summed E-state index contributed by atoms with van der Waals surface area (Å²) in [4.78, 5) is 0.